The first-order valence-corrected chi connectivity index (χ1v) is 3.65. The number of hydrogen-bond acceptors (Lipinski definition) is 4. The summed E-state index contributed by atoms with van der Waals surface area (Å²) in [6.45, 7) is 0.399. The molecule has 4 N–H and O–H groups in total. The van der Waals surface area contributed by atoms with E-state index in [1.807, 2.05) is 0 Å². The maximum atomic E-state index is 10.7. The minimum Gasteiger partial charge on any atom is -0.396 e. The molecule has 0 saturated carbocycles. The van der Waals surface area contributed by atoms with Gasteiger partial charge < -0.3 is 5.73 Å². The van der Waals surface area contributed by atoms with Crippen LogP contribution in [0.5, 0.6) is 0 Å². The van der Waals surface area contributed by atoms with Crippen LogP contribution in [-0.2, 0) is 6.54 Å². The zero-order valence-corrected chi connectivity index (χ0v) is 6.69. The number of nitrogen functional groups attached to an aromatic ring is 1. The molecule has 2 aromatic rings. The Balaban J connectivity index is 2.19. The third-order valence-electron chi connectivity index (χ3n) is 1.52. The van der Waals surface area contributed by atoms with Crippen molar-refractivity contribution in [2.24, 2.45) is 0 Å². The molecule has 2 rings (SSSR count). The Kier molecular flexibility index (Phi) is 1.62. The van der Waals surface area contributed by atoms with Gasteiger partial charge in [-0.2, -0.15) is 10.2 Å². The number of nitrogens with one attached hydrogen (secondary N) is 2. The van der Waals surface area contributed by atoms with E-state index in [1.54, 1.807) is 10.9 Å². The van der Waals surface area contributed by atoms with E-state index in [0.29, 0.717) is 18.1 Å². The molecule has 0 spiro atoms. The zero-order chi connectivity index (χ0) is 9.26. The van der Waals surface area contributed by atoms with Crippen LogP contribution in [-0.4, -0.2) is 25.0 Å². The normalized spacial score (nSPS) is 10.5. The molecule has 0 unspecified atom stereocenters. The van der Waals surface area contributed by atoms with Gasteiger partial charge in [0.1, 0.15) is 6.54 Å². The van der Waals surface area contributed by atoms with E-state index in [9.17, 15) is 4.79 Å². The molecule has 0 saturated heterocycles. The summed E-state index contributed by atoms with van der Waals surface area (Å²) in [6.07, 6.45) is 3.19. The van der Waals surface area contributed by atoms with Crippen LogP contribution in [0.4, 0.5) is 5.69 Å². The maximum absolute atomic E-state index is 10.7. The standard InChI is InChI=1S/C6H8N6O/c7-4-1-8-12(2-4)3-5-9-6(13)11-10-5/h1-2H,3,7H2,(H2,9,10,11,13). The lowest BCUT2D eigenvalue weighted by molar-refractivity contribution is 0.657. The predicted molar refractivity (Wildman–Crippen MR) is 44.9 cm³/mol. The van der Waals surface area contributed by atoms with Gasteiger partial charge in [-0.25, -0.2) is 9.89 Å². The van der Waals surface area contributed by atoms with Gasteiger partial charge in [0.25, 0.3) is 0 Å². The summed E-state index contributed by atoms with van der Waals surface area (Å²) < 4.78 is 1.58. The second kappa shape index (κ2) is 2.77. The Labute approximate surface area is 72.6 Å². The lowest BCUT2D eigenvalue weighted by atomic mass is 10.6. The lowest BCUT2D eigenvalue weighted by Crippen LogP contribution is -2.04. The summed E-state index contributed by atoms with van der Waals surface area (Å²) >= 11 is 0. The monoisotopic (exact) mass is 180 g/mol. The molecule has 13 heavy (non-hydrogen) atoms. The van der Waals surface area contributed by atoms with E-state index in [0.717, 1.165) is 0 Å². The molecular weight excluding hydrogens is 172 g/mol. The molecule has 7 nitrogen and oxygen atoms in total. The number of nitrogens with two attached hydrogens (primary N) is 1. The van der Waals surface area contributed by atoms with Crippen molar-refractivity contribution in [3.8, 4) is 0 Å². The van der Waals surface area contributed by atoms with Gasteiger partial charge in [0.05, 0.1) is 11.9 Å². The van der Waals surface area contributed by atoms with E-state index in [1.165, 1.54) is 6.20 Å². The summed E-state index contributed by atoms with van der Waals surface area (Å²) in [4.78, 5) is 13.2. The van der Waals surface area contributed by atoms with Gasteiger partial charge in [0.15, 0.2) is 5.82 Å². The molecule has 68 valence electrons. The minimum absolute atomic E-state index is 0.324. The van der Waals surface area contributed by atoms with Crippen LogP contribution in [0.2, 0.25) is 0 Å². The van der Waals surface area contributed by atoms with Crippen LogP contribution in [0, 0.1) is 0 Å². The quantitative estimate of drug-likeness (QED) is 0.546. The molecule has 2 aromatic heterocycles. The van der Waals surface area contributed by atoms with Crippen molar-refractivity contribution in [2.45, 2.75) is 6.54 Å². The molecule has 0 radical (unpaired) electrons. The first kappa shape index (κ1) is 7.59. The molecule has 0 aliphatic rings. The molecule has 0 aliphatic heterocycles. The number of anilines is 1. The average molecular weight is 180 g/mol. The summed E-state index contributed by atoms with van der Waals surface area (Å²) in [5.74, 6) is 0.521. The Bertz CT molecular complexity index is 451. The fourth-order valence-electron chi connectivity index (χ4n) is 1.000. The highest BCUT2D eigenvalue weighted by atomic mass is 16.1. The molecule has 0 atom stereocenters. The Morgan fingerprint density at radius 2 is 2.46 bits per heavy atom. The van der Waals surface area contributed by atoms with E-state index in [2.05, 4.69) is 20.3 Å². The first-order valence-electron chi connectivity index (χ1n) is 3.65. The zero-order valence-electron chi connectivity index (χ0n) is 6.69. The number of aromatic nitrogens is 5. The van der Waals surface area contributed by atoms with Crippen LogP contribution in [0.1, 0.15) is 5.82 Å². The largest absolute Gasteiger partial charge is 0.396 e. The third-order valence-corrected chi connectivity index (χ3v) is 1.52. The Morgan fingerprint density at radius 1 is 1.62 bits per heavy atom. The molecule has 0 aromatic carbocycles. The third kappa shape index (κ3) is 1.58. The van der Waals surface area contributed by atoms with Crippen molar-refractivity contribution in [2.75, 3.05) is 5.73 Å². The molecule has 0 fully saturated rings. The summed E-state index contributed by atoms with van der Waals surface area (Å²) in [7, 11) is 0. The molecule has 0 aliphatic carbocycles. The van der Waals surface area contributed by atoms with Gasteiger partial charge in [-0.3, -0.25) is 9.67 Å². The van der Waals surface area contributed by atoms with Crippen LogP contribution < -0.4 is 11.4 Å². The Hall–Kier alpha value is -2.05. The number of H-pyrrole nitrogens is 2. The topological polar surface area (TPSA) is 105 Å². The maximum Gasteiger partial charge on any atom is 0.340 e. The minimum atomic E-state index is -0.324. The number of rotatable bonds is 2. The lowest BCUT2D eigenvalue weighted by Gasteiger charge is -1.94. The first-order chi connectivity index (χ1) is 6.24. The molecule has 0 bridgehead atoms. The van der Waals surface area contributed by atoms with Gasteiger partial charge in [0, 0.05) is 6.20 Å². The SMILES string of the molecule is Nc1cnn(Cc2n[nH]c(=O)[nH]2)c1. The van der Waals surface area contributed by atoms with Crippen LogP contribution >= 0.6 is 0 Å². The van der Waals surface area contributed by atoms with E-state index < -0.39 is 0 Å². The van der Waals surface area contributed by atoms with Crippen molar-refractivity contribution < 1.29 is 0 Å². The van der Waals surface area contributed by atoms with Crippen LogP contribution in [0.25, 0.3) is 0 Å². The summed E-state index contributed by atoms with van der Waals surface area (Å²) in [5.41, 5.74) is 5.71. The highest BCUT2D eigenvalue weighted by molar-refractivity contribution is 5.30. The molecule has 7 heteroatoms. The van der Waals surface area contributed by atoms with Gasteiger partial charge in [0.2, 0.25) is 0 Å². The number of hydrogen-bond donors (Lipinski definition) is 3. The molecular formula is C6H8N6O. The number of aromatic amines is 2. The molecule has 2 heterocycles. The van der Waals surface area contributed by atoms with E-state index >= 15 is 0 Å². The van der Waals surface area contributed by atoms with Gasteiger partial charge in [-0.05, 0) is 0 Å². The average Bonchev–Trinajstić information content (AvgIpc) is 2.62. The van der Waals surface area contributed by atoms with E-state index in [4.69, 9.17) is 5.73 Å². The van der Waals surface area contributed by atoms with E-state index in [-0.39, 0.29) is 5.69 Å². The highest BCUT2D eigenvalue weighted by Gasteiger charge is 2.00. The fourth-order valence-corrected chi connectivity index (χ4v) is 1.000. The fraction of sp³-hybridized carbons (Fsp3) is 0.167. The highest BCUT2D eigenvalue weighted by Crippen LogP contribution is 1.98. The van der Waals surface area contributed by atoms with Crippen LogP contribution in [0.3, 0.4) is 0 Å². The van der Waals surface area contributed by atoms with Crippen molar-refractivity contribution in [1.29, 1.82) is 0 Å². The van der Waals surface area contributed by atoms with Gasteiger partial charge >= 0.3 is 5.69 Å². The summed E-state index contributed by atoms with van der Waals surface area (Å²) in [5, 5.41) is 9.92. The Morgan fingerprint density at radius 3 is 3.00 bits per heavy atom. The van der Waals surface area contributed by atoms with Gasteiger partial charge in [-0.15, -0.1) is 0 Å². The van der Waals surface area contributed by atoms with Crippen molar-refractivity contribution in [3.63, 3.8) is 0 Å². The van der Waals surface area contributed by atoms with Crippen molar-refractivity contribution in [3.05, 3.63) is 28.7 Å². The smallest absolute Gasteiger partial charge is 0.340 e. The van der Waals surface area contributed by atoms with Crippen molar-refractivity contribution >= 4 is 5.69 Å². The predicted octanol–water partition coefficient (Wildman–Crippen LogP) is -1.08. The van der Waals surface area contributed by atoms with Gasteiger partial charge in [-0.1, -0.05) is 0 Å². The second-order valence-corrected chi connectivity index (χ2v) is 2.60. The molecule has 0 amide bonds. The second-order valence-electron chi connectivity index (χ2n) is 2.60. The number of nitrogens with zero attached hydrogens (tertiary/aromatic N) is 3. The van der Waals surface area contributed by atoms with Crippen LogP contribution in [0.15, 0.2) is 17.2 Å². The summed E-state index contributed by atoms with van der Waals surface area (Å²) in [6, 6.07) is 0. The van der Waals surface area contributed by atoms with Crippen molar-refractivity contribution in [1.82, 2.24) is 25.0 Å².